The number of hydrogen-bond acceptors (Lipinski definition) is 6. The molecule has 0 bridgehead atoms. The van der Waals surface area contributed by atoms with Crippen LogP contribution in [0.2, 0.25) is 0 Å². The van der Waals surface area contributed by atoms with E-state index in [1.54, 1.807) is 24.4 Å². The van der Waals surface area contributed by atoms with Crippen LogP contribution < -0.4 is 9.46 Å². The third-order valence-corrected chi connectivity index (χ3v) is 4.47. The molecule has 0 unspecified atom stereocenters. The van der Waals surface area contributed by atoms with E-state index in [1.165, 1.54) is 4.68 Å². The van der Waals surface area contributed by atoms with Gasteiger partial charge in [0.25, 0.3) is 0 Å². The van der Waals surface area contributed by atoms with Crippen molar-refractivity contribution in [2.45, 2.75) is 20.8 Å². The average Bonchev–Trinajstić information content (AvgIpc) is 3.07. The number of anilines is 1. The second-order valence-electron chi connectivity index (χ2n) is 6.48. The van der Waals surface area contributed by atoms with Gasteiger partial charge in [-0.25, -0.2) is 13.1 Å². The molecule has 2 heterocycles. The fourth-order valence-electron chi connectivity index (χ4n) is 2.85. The zero-order valence-electron chi connectivity index (χ0n) is 15.9. The maximum Gasteiger partial charge on any atom is 0.245 e. The van der Waals surface area contributed by atoms with Crippen molar-refractivity contribution in [3.8, 4) is 23.5 Å². The van der Waals surface area contributed by atoms with Gasteiger partial charge in [-0.15, -0.1) is 0 Å². The smallest absolute Gasteiger partial charge is 0.245 e. The van der Waals surface area contributed by atoms with Crippen molar-refractivity contribution in [1.29, 1.82) is 5.26 Å². The number of pyridine rings is 1. The molecule has 3 rings (SSSR count). The molecular weight excluding hydrogens is 378 g/mol. The van der Waals surface area contributed by atoms with Gasteiger partial charge in [0, 0.05) is 6.20 Å². The topological polar surface area (TPSA) is 110 Å². The molecule has 3 aromatic rings. The van der Waals surface area contributed by atoms with Gasteiger partial charge < -0.3 is 4.74 Å². The van der Waals surface area contributed by atoms with E-state index in [0.717, 1.165) is 22.9 Å². The Bertz CT molecular complexity index is 1170. The van der Waals surface area contributed by atoms with Crippen LogP contribution >= 0.6 is 0 Å². The van der Waals surface area contributed by atoms with Crippen molar-refractivity contribution < 1.29 is 13.2 Å². The van der Waals surface area contributed by atoms with E-state index in [9.17, 15) is 8.42 Å². The predicted octanol–water partition coefficient (Wildman–Crippen LogP) is 3.23. The lowest BCUT2D eigenvalue weighted by atomic mass is 10.1. The van der Waals surface area contributed by atoms with Crippen LogP contribution in [0, 0.1) is 32.1 Å². The van der Waals surface area contributed by atoms with E-state index >= 15 is 0 Å². The summed E-state index contributed by atoms with van der Waals surface area (Å²) in [6.07, 6.45) is 2.65. The molecule has 28 heavy (non-hydrogen) atoms. The van der Waals surface area contributed by atoms with Crippen molar-refractivity contribution in [3.05, 3.63) is 58.9 Å². The minimum absolute atomic E-state index is 0.0898. The van der Waals surface area contributed by atoms with Crippen LogP contribution in [0.1, 0.15) is 22.4 Å². The average molecular weight is 397 g/mol. The summed E-state index contributed by atoms with van der Waals surface area (Å²) in [4.78, 5) is 4.42. The molecule has 0 amide bonds. The molecule has 0 spiro atoms. The number of aromatic nitrogens is 3. The zero-order chi connectivity index (χ0) is 20.5. The Kier molecular flexibility index (Phi) is 5.07. The maximum absolute atomic E-state index is 11.7. The summed E-state index contributed by atoms with van der Waals surface area (Å²) in [5.74, 6) is 1.08. The van der Waals surface area contributed by atoms with E-state index in [0.29, 0.717) is 11.6 Å². The quantitative estimate of drug-likeness (QED) is 0.708. The summed E-state index contributed by atoms with van der Waals surface area (Å²) in [6.45, 7) is 5.81. The lowest BCUT2D eigenvalue weighted by Crippen LogP contribution is -2.12. The summed E-state index contributed by atoms with van der Waals surface area (Å²) in [5, 5.41) is 13.1. The first-order chi connectivity index (χ1) is 13.2. The fourth-order valence-corrected chi connectivity index (χ4v) is 3.40. The number of nitrogens with one attached hydrogen (secondary N) is 1. The maximum atomic E-state index is 11.7. The molecule has 9 heteroatoms. The molecule has 0 fully saturated rings. The minimum Gasteiger partial charge on any atom is -0.436 e. The summed E-state index contributed by atoms with van der Waals surface area (Å²) >= 11 is 0. The monoisotopic (exact) mass is 397 g/mol. The highest BCUT2D eigenvalue weighted by Gasteiger charge is 2.16. The second-order valence-corrected chi connectivity index (χ2v) is 8.23. The summed E-state index contributed by atoms with van der Waals surface area (Å²) in [7, 11) is -3.53. The molecule has 0 aliphatic carbocycles. The molecule has 0 aliphatic rings. The van der Waals surface area contributed by atoms with Crippen molar-refractivity contribution in [1.82, 2.24) is 14.8 Å². The van der Waals surface area contributed by atoms with Crippen molar-refractivity contribution >= 4 is 15.7 Å². The van der Waals surface area contributed by atoms with E-state index < -0.39 is 10.0 Å². The number of aryl methyl sites for hydroxylation is 3. The fraction of sp³-hybridized carbons (Fsp3) is 0.211. The highest BCUT2D eigenvalue weighted by Crippen LogP contribution is 2.33. The molecule has 0 radical (unpaired) electrons. The Morgan fingerprint density at radius 3 is 2.39 bits per heavy atom. The molecule has 2 aromatic heterocycles. The van der Waals surface area contributed by atoms with Gasteiger partial charge in [-0.2, -0.15) is 15.3 Å². The van der Waals surface area contributed by atoms with Gasteiger partial charge in [-0.3, -0.25) is 4.72 Å². The van der Waals surface area contributed by atoms with Crippen LogP contribution in [-0.4, -0.2) is 29.4 Å². The van der Waals surface area contributed by atoms with E-state index in [-0.39, 0.29) is 17.3 Å². The first-order valence-electron chi connectivity index (χ1n) is 8.37. The van der Waals surface area contributed by atoms with E-state index in [4.69, 9.17) is 10.00 Å². The first-order valence-corrected chi connectivity index (χ1v) is 10.3. The SMILES string of the molecule is Cc1cc(C)c(Oc2nc(-n3ccc(C#N)n3)ccc2NS(C)(=O)=O)c(C)c1. The van der Waals surface area contributed by atoms with Crippen molar-refractivity contribution in [2.75, 3.05) is 11.0 Å². The lowest BCUT2D eigenvalue weighted by molar-refractivity contribution is 0.457. The molecule has 0 saturated heterocycles. The van der Waals surface area contributed by atoms with Crippen LogP contribution in [0.4, 0.5) is 5.69 Å². The minimum atomic E-state index is -3.53. The largest absolute Gasteiger partial charge is 0.436 e. The van der Waals surface area contributed by atoms with Crippen molar-refractivity contribution in [3.63, 3.8) is 0 Å². The molecule has 1 N–H and O–H groups in total. The Hall–Kier alpha value is -3.38. The van der Waals surface area contributed by atoms with Gasteiger partial charge in [-0.05, 0) is 50.1 Å². The molecule has 1 aromatic carbocycles. The number of ether oxygens (including phenoxy) is 1. The van der Waals surface area contributed by atoms with Crippen molar-refractivity contribution in [2.24, 2.45) is 0 Å². The number of nitriles is 1. The molecule has 0 atom stereocenters. The van der Waals surface area contributed by atoms with Gasteiger partial charge in [0.15, 0.2) is 11.5 Å². The highest BCUT2D eigenvalue weighted by atomic mass is 32.2. The van der Waals surface area contributed by atoms with Gasteiger partial charge in [0.05, 0.1) is 6.26 Å². The Morgan fingerprint density at radius 2 is 1.82 bits per heavy atom. The van der Waals surface area contributed by atoms with Crippen LogP contribution in [0.25, 0.3) is 5.82 Å². The molecule has 8 nitrogen and oxygen atoms in total. The third kappa shape index (κ3) is 4.29. The van der Waals surface area contributed by atoms with Crippen LogP contribution in [0.3, 0.4) is 0 Å². The van der Waals surface area contributed by atoms with Gasteiger partial charge in [0.2, 0.25) is 15.9 Å². The number of nitrogens with zero attached hydrogens (tertiary/aromatic N) is 4. The predicted molar refractivity (Wildman–Crippen MR) is 105 cm³/mol. The number of rotatable bonds is 5. The zero-order valence-corrected chi connectivity index (χ0v) is 16.7. The van der Waals surface area contributed by atoms with Gasteiger partial charge in [-0.1, -0.05) is 17.7 Å². The highest BCUT2D eigenvalue weighted by molar-refractivity contribution is 7.92. The molecule has 0 saturated carbocycles. The standard InChI is InChI=1S/C19H19N5O3S/c1-12-9-13(2)18(14(3)10-12)27-19-16(23-28(4,25)26)5-6-17(21-19)24-8-7-15(11-20)22-24/h5-10,23H,1-4H3. The van der Waals surface area contributed by atoms with E-state index in [1.807, 2.05) is 39.0 Å². The Labute approximate surface area is 163 Å². The van der Waals surface area contributed by atoms with Crippen LogP contribution in [-0.2, 0) is 10.0 Å². The van der Waals surface area contributed by atoms with Crippen LogP contribution in [0.5, 0.6) is 11.6 Å². The summed E-state index contributed by atoms with van der Waals surface area (Å²) < 4.78 is 33.3. The number of hydrogen-bond donors (Lipinski definition) is 1. The number of sulfonamides is 1. The Morgan fingerprint density at radius 1 is 1.14 bits per heavy atom. The summed E-state index contributed by atoms with van der Waals surface area (Å²) in [5.41, 5.74) is 3.35. The first kappa shape index (κ1) is 19.4. The third-order valence-electron chi connectivity index (χ3n) is 3.88. The molecular formula is C19H19N5O3S. The Balaban J connectivity index is 2.10. The normalized spacial score (nSPS) is 11.1. The van der Waals surface area contributed by atoms with Gasteiger partial charge in [0.1, 0.15) is 17.5 Å². The molecule has 0 aliphatic heterocycles. The summed E-state index contributed by atoms with van der Waals surface area (Å²) in [6, 6.07) is 10.6. The number of benzene rings is 1. The van der Waals surface area contributed by atoms with Crippen LogP contribution in [0.15, 0.2) is 36.5 Å². The van der Waals surface area contributed by atoms with E-state index in [2.05, 4.69) is 14.8 Å². The molecule has 144 valence electrons. The second kappa shape index (κ2) is 7.32. The lowest BCUT2D eigenvalue weighted by Gasteiger charge is -2.16. The van der Waals surface area contributed by atoms with Gasteiger partial charge >= 0.3 is 0 Å².